The van der Waals surface area contributed by atoms with Crippen molar-refractivity contribution in [3.63, 3.8) is 0 Å². The number of nitriles is 1. The summed E-state index contributed by atoms with van der Waals surface area (Å²) in [4.78, 5) is 4.07. The molecule has 4 nitrogen and oxygen atoms in total. The van der Waals surface area contributed by atoms with E-state index in [1.165, 1.54) is 0 Å². The van der Waals surface area contributed by atoms with E-state index in [4.69, 9.17) is 14.7 Å². The number of benzene rings is 1. The van der Waals surface area contributed by atoms with Gasteiger partial charge in [0, 0.05) is 17.1 Å². The van der Waals surface area contributed by atoms with Crippen LogP contribution in [0.2, 0.25) is 0 Å². The minimum atomic E-state index is -0.451. The molecule has 20 heavy (non-hydrogen) atoms. The first-order valence-corrected chi connectivity index (χ1v) is 7.47. The van der Waals surface area contributed by atoms with Crippen molar-refractivity contribution >= 4 is 21.6 Å². The Bertz CT molecular complexity index is 598. The summed E-state index contributed by atoms with van der Waals surface area (Å²) in [5, 5.41) is 9.00. The number of rotatable bonds is 1. The van der Waals surface area contributed by atoms with Crippen molar-refractivity contribution in [2.75, 3.05) is 7.11 Å². The van der Waals surface area contributed by atoms with Crippen molar-refractivity contribution < 1.29 is 9.47 Å². The van der Waals surface area contributed by atoms with Gasteiger partial charge in [-0.3, -0.25) is 0 Å². The maximum absolute atomic E-state index is 9.00. The average Bonchev–Trinajstić information content (AvgIpc) is 2.74. The zero-order valence-corrected chi connectivity index (χ0v) is 12.8. The molecule has 3 rings (SSSR count). The SMILES string of the molecule is COC1CCC2(CC1)Oc1ccc(Br)cc1C2=NC#N. The first kappa shape index (κ1) is 13.6. The molecule has 2 aliphatic rings. The number of fused-ring (bicyclic) bond motifs is 1. The zero-order valence-electron chi connectivity index (χ0n) is 11.2. The number of aliphatic imine (C=N–C) groups is 1. The minimum absolute atomic E-state index is 0.281. The van der Waals surface area contributed by atoms with E-state index in [-0.39, 0.29) is 6.10 Å². The molecule has 5 heteroatoms. The van der Waals surface area contributed by atoms with E-state index >= 15 is 0 Å². The maximum atomic E-state index is 9.00. The van der Waals surface area contributed by atoms with Crippen LogP contribution in [0.4, 0.5) is 0 Å². The predicted molar refractivity (Wildman–Crippen MR) is 78.9 cm³/mol. The van der Waals surface area contributed by atoms with Gasteiger partial charge in [0.25, 0.3) is 0 Å². The highest BCUT2D eigenvalue weighted by Gasteiger charge is 2.48. The van der Waals surface area contributed by atoms with Gasteiger partial charge in [-0.15, -0.1) is 0 Å². The van der Waals surface area contributed by atoms with Crippen molar-refractivity contribution in [2.45, 2.75) is 37.4 Å². The van der Waals surface area contributed by atoms with E-state index in [2.05, 4.69) is 20.9 Å². The molecule has 1 aromatic rings. The molecule has 1 aliphatic heterocycles. The van der Waals surface area contributed by atoms with Gasteiger partial charge in [-0.1, -0.05) is 15.9 Å². The summed E-state index contributed by atoms with van der Waals surface area (Å²) in [5.74, 6) is 0.818. The van der Waals surface area contributed by atoms with Gasteiger partial charge >= 0.3 is 0 Å². The number of methoxy groups -OCH3 is 1. The third-order valence-corrected chi connectivity index (χ3v) is 4.66. The normalized spacial score (nSPS) is 30.1. The molecule has 0 amide bonds. The number of halogens is 1. The van der Waals surface area contributed by atoms with Gasteiger partial charge in [0.05, 0.1) is 6.10 Å². The van der Waals surface area contributed by atoms with Crippen LogP contribution in [0.25, 0.3) is 0 Å². The van der Waals surface area contributed by atoms with Crippen LogP contribution in [0.5, 0.6) is 5.75 Å². The molecule has 104 valence electrons. The summed E-state index contributed by atoms with van der Waals surface area (Å²) in [7, 11) is 1.74. The van der Waals surface area contributed by atoms with E-state index in [1.54, 1.807) is 7.11 Å². The van der Waals surface area contributed by atoms with Gasteiger partial charge in [0.15, 0.2) is 5.60 Å². The molecule has 0 radical (unpaired) electrons. The molecule has 1 aliphatic carbocycles. The predicted octanol–water partition coefficient (Wildman–Crippen LogP) is 3.44. The van der Waals surface area contributed by atoms with E-state index in [9.17, 15) is 0 Å². The van der Waals surface area contributed by atoms with Crippen LogP contribution in [-0.2, 0) is 4.74 Å². The second-order valence-corrected chi connectivity index (χ2v) is 6.15. The fraction of sp³-hybridized carbons (Fsp3) is 0.467. The molecule has 1 saturated carbocycles. The molecule has 0 unspecified atom stereocenters. The quantitative estimate of drug-likeness (QED) is 0.739. The highest BCUT2D eigenvalue weighted by molar-refractivity contribution is 9.10. The fourth-order valence-corrected chi connectivity index (χ4v) is 3.49. The molecule has 0 saturated heterocycles. The summed E-state index contributed by atoms with van der Waals surface area (Å²) < 4.78 is 12.6. The van der Waals surface area contributed by atoms with Gasteiger partial charge < -0.3 is 9.47 Å². The highest BCUT2D eigenvalue weighted by atomic mass is 79.9. The van der Waals surface area contributed by atoms with Crippen LogP contribution in [0.15, 0.2) is 27.7 Å². The van der Waals surface area contributed by atoms with Gasteiger partial charge in [0.2, 0.25) is 6.19 Å². The Morgan fingerprint density at radius 1 is 1.45 bits per heavy atom. The Morgan fingerprint density at radius 3 is 2.85 bits per heavy atom. The zero-order chi connectivity index (χ0) is 14.2. The third kappa shape index (κ3) is 2.13. The van der Waals surface area contributed by atoms with Gasteiger partial charge in [0.1, 0.15) is 11.5 Å². The van der Waals surface area contributed by atoms with Gasteiger partial charge in [-0.25, -0.2) is 0 Å². The largest absolute Gasteiger partial charge is 0.480 e. The summed E-state index contributed by atoms with van der Waals surface area (Å²) in [6, 6.07) is 5.86. The lowest BCUT2D eigenvalue weighted by Crippen LogP contribution is -2.45. The lowest BCUT2D eigenvalue weighted by molar-refractivity contribution is 0.0143. The monoisotopic (exact) mass is 334 g/mol. The lowest BCUT2D eigenvalue weighted by Gasteiger charge is -2.36. The lowest BCUT2D eigenvalue weighted by atomic mass is 9.79. The second kappa shape index (κ2) is 5.19. The molecular formula is C15H15BrN2O2. The Hall–Kier alpha value is -1.38. The molecule has 1 aromatic carbocycles. The molecule has 0 N–H and O–H groups in total. The van der Waals surface area contributed by atoms with Crippen LogP contribution in [0, 0.1) is 11.5 Å². The average molecular weight is 335 g/mol. The maximum Gasteiger partial charge on any atom is 0.206 e. The smallest absolute Gasteiger partial charge is 0.206 e. The van der Waals surface area contributed by atoms with Crippen LogP contribution in [-0.4, -0.2) is 24.5 Å². The summed E-state index contributed by atoms with van der Waals surface area (Å²) in [6.07, 6.45) is 5.73. The molecule has 1 fully saturated rings. The molecule has 1 spiro atoms. The number of hydrogen-bond acceptors (Lipinski definition) is 4. The Kier molecular flexibility index (Phi) is 3.53. The van der Waals surface area contributed by atoms with Gasteiger partial charge in [-0.05, 0) is 43.9 Å². The first-order valence-electron chi connectivity index (χ1n) is 6.67. The Balaban J connectivity index is 1.99. The summed E-state index contributed by atoms with van der Waals surface area (Å²) in [5.41, 5.74) is 1.25. The van der Waals surface area contributed by atoms with E-state index in [1.807, 2.05) is 24.4 Å². The van der Waals surface area contributed by atoms with E-state index < -0.39 is 5.60 Å². The Morgan fingerprint density at radius 2 is 2.20 bits per heavy atom. The molecule has 1 heterocycles. The van der Waals surface area contributed by atoms with Gasteiger partial charge in [-0.2, -0.15) is 10.3 Å². The van der Waals surface area contributed by atoms with Crippen molar-refractivity contribution in [2.24, 2.45) is 4.99 Å². The van der Waals surface area contributed by atoms with Crippen LogP contribution >= 0.6 is 15.9 Å². The number of ether oxygens (including phenoxy) is 2. The van der Waals surface area contributed by atoms with Crippen molar-refractivity contribution in [1.29, 1.82) is 5.26 Å². The van der Waals surface area contributed by atoms with Crippen molar-refractivity contribution in [3.05, 3.63) is 28.2 Å². The van der Waals surface area contributed by atoms with E-state index in [0.717, 1.165) is 47.2 Å². The van der Waals surface area contributed by atoms with E-state index in [0.29, 0.717) is 0 Å². The molecule has 0 bridgehead atoms. The molecule has 0 aromatic heterocycles. The third-order valence-electron chi connectivity index (χ3n) is 4.17. The first-order chi connectivity index (χ1) is 9.68. The Labute approximate surface area is 126 Å². The van der Waals surface area contributed by atoms with Crippen molar-refractivity contribution in [1.82, 2.24) is 0 Å². The highest BCUT2D eigenvalue weighted by Crippen LogP contribution is 2.44. The fourth-order valence-electron chi connectivity index (χ4n) is 3.12. The number of hydrogen-bond donors (Lipinski definition) is 0. The van der Waals surface area contributed by atoms with Crippen molar-refractivity contribution in [3.8, 4) is 11.9 Å². The molecule has 0 atom stereocenters. The number of nitrogens with zero attached hydrogens (tertiary/aromatic N) is 2. The summed E-state index contributed by atoms with van der Waals surface area (Å²) in [6.45, 7) is 0. The molecular weight excluding hydrogens is 320 g/mol. The second-order valence-electron chi connectivity index (χ2n) is 5.23. The van der Waals surface area contributed by atoms with Crippen LogP contribution in [0.1, 0.15) is 31.2 Å². The topological polar surface area (TPSA) is 54.6 Å². The minimum Gasteiger partial charge on any atom is -0.480 e. The van der Waals surface area contributed by atoms with Crippen LogP contribution < -0.4 is 4.74 Å². The van der Waals surface area contributed by atoms with Crippen LogP contribution in [0.3, 0.4) is 0 Å². The summed E-state index contributed by atoms with van der Waals surface area (Å²) >= 11 is 3.46. The standard InChI is InChI=1S/C15H15BrN2O2/c1-19-11-4-6-15(7-5-11)14(18-9-17)12-8-10(16)2-3-13(12)20-15/h2-3,8,11H,4-7H2,1H3.